The largest absolute Gasteiger partial charge is 0.354 e. The molecule has 2 rings (SSSR count). The number of methoxy groups -OCH3 is 1. The van der Waals surface area contributed by atoms with Gasteiger partial charge in [0.25, 0.3) is 5.91 Å². The Labute approximate surface area is 104 Å². The third-order valence-electron chi connectivity index (χ3n) is 2.84. The molecule has 1 aromatic heterocycles. The number of hydrogen-bond donors (Lipinski definition) is 1. The molecule has 1 N–H and O–H groups in total. The Morgan fingerprint density at radius 3 is 2.78 bits per heavy atom. The second kappa shape index (κ2) is 4.62. The number of amides is 1. The number of halogens is 1. The number of nitrogens with zero attached hydrogens (tertiary/aromatic N) is 1. The van der Waals surface area contributed by atoms with Crippen LogP contribution in [0.1, 0.15) is 25.6 Å². The van der Waals surface area contributed by atoms with Crippen LogP contribution in [0.15, 0.2) is 18.3 Å². The van der Waals surface area contributed by atoms with Crippen molar-refractivity contribution in [2.45, 2.75) is 31.8 Å². The van der Waals surface area contributed by atoms with Gasteiger partial charge in [0.05, 0.1) is 0 Å². The predicted molar refractivity (Wildman–Crippen MR) is 61.0 cm³/mol. The molecule has 1 aromatic rings. The zero-order valence-corrected chi connectivity index (χ0v) is 10.4. The fraction of sp³-hybridized carbons (Fsp3) is 0.500. The van der Waals surface area contributed by atoms with E-state index in [0.717, 1.165) is 0 Å². The van der Waals surface area contributed by atoms with Gasteiger partial charge in [0.2, 0.25) is 0 Å². The molecule has 18 heavy (non-hydrogen) atoms. The minimum absolute atomic E-state index is 0.175. The molecule has 0 spiro atoms. The second-order valence-electron chi connectivity index (χ2n) is 4.50. The first-order valence-corrected chi connectivity index (χ1v) is 5.58. The van der Waals surface area contributed by atoms with Gasteiger partial charge in [0.15, 0.2) is 11.9 Å². The van der Waals surface area contributed by atoms with E-state index in [4.69, 9.17) is 9.47 Å². The molecule has 1 fully saturated rings. The summed E-state index contributed by atoms with van der Waals surface area (Å²) in [5, 5.41) is 2.57. The molecule has 0 aromatic carbocycles. The average Bonchev–Trinajstić information content (AvgIpc) is 2.35. The van der Waals surface area contributed by atoms with Crippen LogP contribution in [0.3, 0.4) is 0 Å². The van der Waals surface area contributed by atoms with Gasteiger partial charge in [-0.25, -0.2) is 4.39 Å². The fourth-order valence-electron chi connectivity index (χ4n) is 1.68. The summed E-state index contributed by atoms with van der Waals surface area (Å²) in [4.78, 5) is 15.4. The number of rotatable bonds is 4. The number of pyridine rings is 1. The van der Waals surface area contributed by atoms with Crippen molar-refractivity contribution in [2.24, 2.45) is 0 Å². The van der Waals surface area contributed by atoms with Crippen molar-refractivity contribution < 1.29 is 18.7 Å². The van der Waals surface area contributed by atoms with Crippen LogP contribution >= 0.6 is 0 Å². The van der Waals surface area contributed by atoms with E-state index < -0.39 is 23.8 Å². The van der Waals surface area contributed by atoms with Gasteiger partial charge in [-0.2, -0.15) is 0 Å². The normalized spacial score (nSPS) is 23.4. The summed E-state index contributed by atoms with van der Waals surface area (Å²) in [6.07, 6.45) is 0.686. The first-order valence-electron chi connectivity index (χ1n) is 5.58. The van der Waals surface area contributed by atoms with E-state index >= 15 is 0 Å². The summed E-state index contributed by atoms with van der Waals surface area (Å²) in [7, 11) is 1.48. The third-order valence-corrected chi connectivity index (χ3v) is 2.84. The van der Waals surface area contributed by atoms with Crippen molar-refractivity contribution in [2.75, 3.05) is 7.11 Å². The van der Waals surface area contributed by atoms with E-state index in [1.807, 2.05) is 0 Å². The summed E-state index contributed by atoms with van der Waals surface area (Å²) < 4.78 is 24.2. The topological polar surface area (TPSA) is 60.5 Å². The Kier molecular flexibility index (Phi) is 3.32. The minimum atomic E-state index is -0.911. The molecule has 6 heteroatoms. The van der Waals surface area contributed by atoms with Gasteiger partial charge in [-0.3, -0.25) is 9.78 Å². The molecule has 1 unspecified atom stereocenters. The summed E-state index contributed by atoms with van der Waals surface area (Å²) in [5.41, 5.74) is 0.175. The van der Waals surface area contributed by atoms with Crippen LogP contribution in [0.25, 0.3) is 0 Å². The summed E-state index contributed by atoms with van der Waals surface area (Å²) >= 11 is 0. The highest BCUT2D eigenvalue weighted by atomic mass is 19.1. The van der Waals surface area contributed by atoms with Crippen molar-refractivity contribution >= 4 is 5.91 Å². The highest BCUT2D eigenvalue weighted by Crippen LogP contribution is 2.30. The molecule has 0 saturated carbocycles. The van der Waals surface area contributed by atoms with Gasteiger partial charge in [-0.05, 0) is 26.0 Å². The van der Waals surface area contributed by atoms with Gasteiger partial charge in [0, 0.05) is 13.3 Å². The van der Waals surface area contributed by atoms with Crippen molar-refractivity contribution in [3.8, 4) is 0 Å². The minimum Gasteiger partial charge on any atom is -0.354 e. The summed E-state index contributed by atoms with van der Waals surface area (Å²) in [6.45, 7) is 3.37. The third kappa shape index (κ3) is 2.34. The Morgan fingerprint density at radius 1 is 1.50 bits per heavy atom. The van der Waals surface area contributed by atoms with E-state index in [1.165, 1.54) is 25.4 Å². The van der Waals surface area contributed by atoms with Crippen LogP contribution in [0.5, 0.6) is 0 Å². The molecular formula is C12H15FN2O3. The van der Waals surface area contributed by atoms with E-state index in [-0.39, 0.29) is 11.6 Å². The molecule has 1 saturated heterocycles. The molecule has 5 nitrogen and oxygen atoms in total. The average molecular weight is 254 g/mol. The first kappa shape index (κ1) is 12.9. The monoisotopic (exact) mass is 254 g/mol. The zero-order valence-electron chi connectivity index (χ0n) is 10.4. The molecule has 1 aliphatic heterocycles. The molecule has 0 bridgehead atoms. The highest BCUT2D eigenvalue weighted by Gasteiger charge is 2.46. The van der Waals surface area contributed by atoms with Crippen LogP contribution in [-0.4, -0.2) is 29.9 Å². The van der Waals surface area contributed by atoms with E-state index in [1.54, 1.807) is 13.8 Å². The number of nitrogens with one attached hydrogen (secondary N) is 1. The Morgan fingerprint density at radius 2 is 2.22 bits per heavy atom. The van der Waals surface area contributed by atoms with E-state index in [9.17, 15) is 9.18 Å². The van der Waals surface area contributed by atoms with Crippen molar-refractivity contribution in [1.82, 2.24) is 10.3 Å². The maximum atomic E-state index is 13.6. The SMILES string of the molecule is COC(C)(C)OC1C(=O)N[C@H]1c1ncccc1F. The smallest absolute Gasteiger partial charge is 0.252 e. The van der Waals surface area contributed by atoms with Crippen molar-refractivity contribution in [3.63, 3.8) is 0 Å². The Bertz CT molecular complexity index is 464. The molecule has 2 atom stereocenters. The Balaban J connectivity index is 2.16. The molecule has 2 heterocycles. The second-order valence-corrected chi connectivity index (χ2v) is 4.50. The van der Waals surface area contributed by atoms with Gasteiger partial charge >= 0.3 is 0 Å². The van der Waals surface area contributed by atoms with E-state index in [0.29, 0.717) is 0 Å². The molecule has 0 aliphatic carbocycles. The van der Waals surface area contributed by atoms with Crippen molar-refractivity contribution in [1.29, 1.82) is 0 Å². The quantitative estimate of drug-likeness (QED) is 0.647. The maximum absolute atomic E-state index is 13.6. The number of hydrogen-bond acceptors (Lipinski definition) is 4. The number of carbonyl (C=O) groups is 1. The van der Waals surface area contributed by atoms with Crippen molar-refractivity contribution in [3.05, 3.63) is 29.8 Å². The van der Waals surface area contributed by atoms with Crippen LogP contribution in [0.4, 0.5) is 4.39 Å². The highest BCUT2D eigenvalue weighted by molar-refractivity contribution is 5.88. The van der Waals surface area contributed by atoms with Gasteiger partial charge in [0.1, 0.15) is 17.6 Å². The Hall–Kier alpha value is -1.53. The molecule has 1 amide bonds. The molecule has 98 valence electrons. The number of carbonyl (C=O) groups excluding carboxylic acids is 1. The van der Waals surface area contributed by atoms with Crippen LogP contribution in [-0.2, 0) is 14.3 Å². The number of aromatic nitrogens is 1. The lowest BCUT2D eigenvalue weighted by Crippen LogP contribution is -2.60. The van der Waals surface area contributed by atoms with Crippen LogP contribution in [0, 0.1) is 5.82 Å². The van der Waals surface area contributed by atoms with Crippen LogP contribution in [0.2, 0.25) is 0 Å². The fourth-order valence-corrected chi connectivity index (χ4v) is 1.68. The number of β-lactam (4-membered cyclic amide) rings is 1. The van der Waals surface area contributed by atoms with Crippen LogP contribution < -0.4 is 5.32 Å². The lowest BCUT2D eigenvalue weighted by Gasteiger charge is -2.40. The lowest BCUT2D eigenvalue weighted by molar-refractivity contribution is -0.238. The lowest BCUT2D eigenvalue weighted by atomic mass is 9.97. The molecule has 1 aliphatic rings. The van der Waals surface area contributed by atoms with Gasteiger partial charge in [-0.15, -0.1) is 0 Å². The summed E-state index contributed by atoms with van der Waals surface area (Å²) in [6, 6.07) is 2.22. The maximum Gasteiger partial charge on any atom is 0.252 e. The summed E-state index contributed by atoms with van der Waals surface area (Å²) in [5.74, 6) is -1.67. The van der Waals surface area contributed by atoms with E-state index in [2.05, 4.69) is 10.3 Å². The first-order chi connectivity index (χ1) is 8.44. The standard InChI is InChI=1S/C12H15FN2O3/c1-12(2,17-3)18-10-9(15-11(10)16)8-7(13)5-4-6-14-8/h4-6,9-10H,1-3H3,(H,15,16)/t9-,10?/m0/s1. The van der Waals surface area contributed by atoms with Gasteiger partial charge < -0.3 is 14.8 Å². The van der Waals surface area contributed by atoms with Gasteiger partial charge in [-0.1, -0.05) is 0 Å². The molecule has 0 radical (unpaired) electrons. The molecular weight excluding hydrogens is 239 g/mol. The number of ether oxygens (including phenoxy) is 2. The predicted octanol–water partition coefficient (Wildman–Crippen LogP) is 1.16. The zero-order chi connectivity index (χ0) is 13.3.